The van der Waals surface area contributed by atoms with Gasteiger partial charge in [0.2, 0.25) is 0 Å². The molecule has 0 aliphatic carbocycles. The second-order valence-electron chi connectivity index (χ2n) is 3.83. The SMILES string of the molecule is COCCNCCc1nc(-c2ccccn2)cs1. The minimum Gasteiger partial charge on any atom is -0.383 e. The van der Waals surface area contributed by atoms with E-state index in [1.807, 2.05) is 18.2 Å². The van der Waals surface area contributed by atoms with Crippen molar-refractivity contribution in [3.05, 3.63) is 34.8 Å². The number of nitrogens with zero attached hydrogens (tertiary/aromatic N) is 2. The number of thiazole rings is 1. The maximum Gasteiger partial charge on any atom is 0.0998 e. The molecule has 4 nitrogen and oxygen atoms in total. The third-order valence-corrected chi connectivity index (χ3v) is 3.39. The van der Waals surface area contributed by atoms with Crippen LogP contribution in [0.15, 0.2) is 29.8 Å². The van der Waals surface area contributed by atoms with Crippen molar-refractivity contribution < 1.29 is 4.74 Å². The molecule has 2 rings (SSSR count). The molecular formula is C13H17N3OS. The summed E-state index contributed by atoms with van der Waals surface area (Å²) in [5.74, 6) is 0. The maximum absolute atomic E-state index is 4.97. The van der Waals surface area contributed by atoms with Gasteiger partial charge in [-0.25, -0.2) is 4.98 Å². The molecule has 0 aliphatic rings. The number of ether oxygens (including phenoxy) is 1. The third kappa shape index (κ3) is 3.87. The highest BCUT2D eigenvalue weighted by molar-refractivity contribution is 7.09. The van der Waals surface area contributed by atoms with Crippen LogP contribution in [0.2, 0.25) is 0 Å². The smallest absolute Gasteiger partial charge is 0.0998 e. The van der Waals surface area contributed by atoms with Gasteiger partial charge in [0.25, 0.3) is 0 Å². The van der Waals surface area contributed by atoms with Gasteiger partial charge in [-0.15, -0.1) is 11.3 Å². The molecule has 0 bridgehead atoms. The van der Waals surface area contributed by atoms with Crippen LogP contribution in [0.4, 0.5) is 0 Å². The highest BCUT2D eigenvalue weighted by Crippen LogP contribution is 2.19. The van der Waals surface area contributed by atoms with Crippen molar-refractivity contribution in [1.82, 2.24) is 15.3 Å². The molecule has 2 heterocycles. The van der Waals surface area contributed by atoms with Crippen molar-refractivity contribution in [2.24, 2.45) is 0 Å². The first-order chi connectivity index (χ1) is 8.90. The number of hydrogen-bond acceptors (Lipinski definition) is 5. The second kappa shape index (κ2) is 7.20. The lowest BCUT2D eigenvalue weighted by Gasteiger charge is -2.01. The number of nitrogens with one attached hydrogen (secondary N) is 1. The average molecular weight is 263 g/mol. The van der Waals surface area contributed by atoms with E-state index in [-0.39, 0.29) is 0 Å². The fourth-order valence-corrected chi connectivity index (χ4v) is 2.34. The molecule has 0 fully saturated rings. The van der Waals surface area contributed by atoms with Crippen LogP contribution in [0.3, 0.4) is 0 Å². The van der Waals surface area contributed by atoms with Crippen LogP contribution in [0, 0.1) is 0 Å². The number of aromatic nitrogens is 2. The van der Waals surface area contributed by atoms with Gasteiger partial charge in [-0.05, 0) is 12.1 Å². The predicted octanol–water partition coefficient (Wildman–Crippen LogP) is 1.98. The normalized spacial score (nSPS) is 10.7. The topological polar surface area (TPSA) is 47.0 Å². The largest absolute Gasteiger partial charge is 0.383 e. The first kappa shape index (κ1) is 13.1. The summed E-state index contributed by atoms with van der Waals surface area (Å²) in [4.78, 5) is 8.88. The summed E-state index contributed by atoms with van der Waals surface area (Å²) in [7, 11) is 1.71. The quantitative estimate of drug-likeness (QED) is 0.776. The first-order valence-corrected chi connectivity index (χ1v) is 6.83. The number of rotatable bonds is 7. The number of methoxy groups -OCH3 is 1. The Morgan fingerprint density at radius 1 is 1.28 bits per heavy atom. The van der Waals surface area contributed by atoms with Crippen molar-refractivity contribution in [1.29, 1.82) is 0 Å². The van der Waals surface area contributed by atoms with Gasteiger partial charge in [0.05, 0.1) is 23.0 Å². The third-order valence-electron chi connectivity index (χ3n) is 2.48. The lowest BCUT2D eigenvalue weighted by atomic mass is 10.3. The number of hydrogen-bond donors (Lipinski definition) is 1. The van der Waals surface area contributed by atoms with Crippen molar-refractivity contribution in [3.8, 4) is 11.4 Å². The summed E-state index contributed by atoms with van der Waals surface area (Å²) in [5, 5.41) is 6.51. The van der Waals surface area contributed by atoms with Crippen LogP contribution in [0.1, 0.15) is 5.01 Å². The fourth-order valence-electron chi connectivity index (χ4n) is 1.55. The zero-order valence-electron chi connectivity index (χ0n) is 10.4. The molecule has 0 atom stereocenters. The van der Waals surface area contributed by atoms with Crippen molar-refractivity contribution in [3.63, 3.8) is 0 Å². The van der Waals surface area contributed by atoms with Gasteiger partial charge in [-0.3, -0.25) is 4.98 Å². The molecule has 96 valence electrons. The van der Waals surface area contributed by atoms with Gasteiger partial charge in [0.15, 0.2) is 0 Å². The molecule has 0 spiro atoms. The lowest BCUT2D eigenvalue weighted by Crippen LogP contribution is -2.21. The Morgan fingerprint density at radius 2 is 2.22 bits per heavy atom. The van der Waals surface area contributed by atoms with E-state index in [1.165, 1.54) is 0 Å². The van der Waals surface area contributed by atoms with Gasteiger partial charge in [-0.2, -0.15) is 0 Å². The predicted molar refractivity (Wildman–Crippen MR) is 73.8 cm³/mol. The molecule has 0 saturated heterocycles. The Kier molecular flexibility index (Phi) is 5.26. The highest BCUT2D eigenvalue weighted by Gasteiger charge is 2.04. The van der Waals surface area contributed by atoms with Gasteiger partial charge in [0.1, 0.15) is 0 Å². The van der Waals surface area contributed by atoms with E-state index in [0.717, 1.165) is 42.5 Å². The second-order valence-corrected chi connectivity index (χ2v) is 4.78. The van der Waals surface area contributed by atoms with Crippen molar-refractivity contribution in [2.75, 3.05) is 26.8 Å². The zero-order valence-corrected chi connectivity index (χ0v) is 11.2. The molecule has 0 saturated carbocycles. The molecule has 1 N–H and O–H groups in total. The molecule has 0 amide bonds. The standard InChI is InChI=1S/C13H17N3OS/c1-17-9-8-14-7-5-13-16-12(10-18-13)11-4-2-3-6-15-11/h2-4,6,10,14H,5,7-9H2,1H3. The van der Waals surface area contributed by atoms with Crippen LogP contribution in [0.5, 0.6) is 0 Å². The summed E-state index contributed by atoms with van der Waals surface area (Å²) in [6.45, 7) is 2.56. The summed E-state index contributed by atoms with van der Waals surface area (Å²) >= 11 is 1.69. The van der Waals surface area contributed by atoms with Gasteiger partial charge in [0, 0.05) is 38.2 Å². The molecule has 0 aliphatic heterocycles. The van der Waals surface area contributed by atoms with Crippen LogP contribution in [-0.4, -0.2) is 36.8 Å². The molecule has 2 aromatic heterocycles. The van der Waals surface area contributed by atoms with E-state index in [9.17, 15) is 0 Å². The molecule has 0 radical (unpaired) electrons. The van der Waals surface area contributed by atoms with Gasteiger partial charge >= 0.3 is 0 Å². The maximum atomic E-state index is 4.97. The minimum atomic E-state index is 0.747. The Morgan fingerprint density at radius 3 is 3.00 bits per heavy atom. The Balaban J connectivity index is 1.83. The molecule has 18 heavy (non-hydrogen) atoms. The van der Waals surface area contributed by atoms with E-state index < -0.39 is 0 Å². The van der Waals surface area contributed by atoms with Gasteiger partial charge < -0.3 is 10.1 Å². The fraction of sp³-hybridized carbons (Fsp3) is 0.385. The van der Waals surface area contributed by atoms with E-state index in [0.29, 0.717) is 0 Å². The Hall–Kier alpha value is -1.30. The highest BCUT2D eigenvalue weighted by atomic mass is 32.1. The first-order valence-electron chi connectivity index (χ1n) is 5.95. The van der Waals surface area contributed by atoms with Crippen LogP contribution in [-0.2, 0) is 11.2 Å². The monoisotopic (exact) mass is 263 g/mol. The van der Waals surface area contributed by atoms with E-state index >= 15 is 0 Å². The lowest BCUT2D eigenvalue weighted by molar-refractivity contribution is 0.199. The Labute approximate surface area is 111 Å². The van der Waals surface area contributed by atoms with E-state index in [2.05, 4.69) is 20.7 Å². The Bertz CT molecular complexity index is 458. The molecule has 0 aromatic carbocycles. The van der Waals surface area contributed by atoms with Crippen molar-refractivity contribution in [2.45, 2.75) is 6.42 Å². The van der Waals surface area contributed by atoms with Crippen LogP contribution in [0.25, 0.3) is 11.4 Å². The van der Waals surface area contributed by atoms with Crippen LogP contribution >= 0.6 is 11.3 Å². The molecule has 5 heteroatoms. The molecule has 0 unspecified atom stereocenters. The summed E-state index contributed by atoms with van der Waals surface area (Å²) in [6.07, 6.45) is 2.74. The number of pyridine rings is 1. The van der Waals surface area contributed by atoms with Crippen molar-refractivity contribution >= 4 is 11.3 Å². The van der Waals surface area contributed by atoms with Crippen LogP contribution < -0.4 is 5.32 Å². The van der Waals surface area contributed by atoms with E-state index in [1.54, 1.807) is 24.6 Å². The molecule has 2 aromatic rings. The molecular weight excluding hydrogens is 246 g/mol. The van der Waals surface area contributed by atoms with E-state index in [4.69, 9.17) is 4.74 Å². The van der Waals surface area contributed by atoms with Gasteiger partial charge in [-0.1, -0.05) is 6.07 Å². The zero-order chi connectivity index (χ0) is 12.6. The average Bonchev–Trinajstić information content (AvgIpc) is 2.88. The summed E-state index contributed by atoms with van der Waals surface area (Å²) in [5.41, 5.74) is 1.90. The summed E-state index contributed by atoms with van der Waals surface area (Å²) < 4.78 is 4.97. The minimum absolute atomic E-state index is 0.747. The summed E-state index contributed by atoms with van der Waals surface area (Å²) in [6, 6.07) is 5.87.